The van der Waals surface area contributed by atoms with Gasteiger partial charge in [-0.05, 0) is 13.2 Å². The Kier molecular flexibility index (Phi) is 16.3. The summed E-state index contributed by atoms with van der Waals surface area (Å²) in [5, 5.41) is 0. The second-order valence-corrected chi connectivity index (χ2v) is 2.01. The molecule has 1 saturated heterocycles. The Morgan fingerprint density at radius 3 is 2.30 bits per heavy atom. The van der Waals surface area contributed by atoms with E-state index in [2.05, 4.69) is 26.0 Å². The molecule has 1 heterocycles. The number of thiol groups is 1. The first-order valence-corrected chi connectivity index (χ1v) is 4.17. The van der Waals surface area contributed by atoms with Gasteiger partial charge in [-0.2, -0.15) is 19.0 Å². The van der Waals surface area contributed by atoms with E-state index in [1.54, 1.807) is 6.26 Å². The van der Waals surface area contributed by atoms with Crippen LogP contribution in [0.3, 0.4) is 0 Å². The van der Waals surface area contributed by atoms with Crippen molar-refractivity contribution >= 4 is 12.6 Å². The molecule has 1 atom stereocenters. The van der Waals surface area contributed by atoms with Crippen LogP contribution in [0.5, 0.6) is 0 Å². The van der Waals surface area contributed by atoms with Crippen LogP contribution in [0.15, 0.2) is 0 Å². The molecule has 0 N–H and O–H groups in total. The maximum absolute atomic E-state index is 5.22. The molecule has 1 unspecified atom stereocenters. The van der Waals surface area contributed by atoms with Gasteiger partial charge in [0.15, 0.2) is 0 Å². The van der Waals surface area contributed by atoms with Gasteiger partial charge < -0.3 is 11.2 Å². The van der Waals surface area contributed by atoms with Gasteiger partial charge in [-0.3, -0.25) is 0 Å². The fourth-order valence-corrected chi connectivity index (χ4v) is 0.752. The summed E-state index contributed by atoms with van der Waals surface area (Å²) >= 11 is 3.53. The third-order valence-electron chi connectivity index (χ3n) is 1.28. The maximum atomic E-state index is 5.22. The van der Waals surface area contributed by atoms with Crippen LogP contribution in [0.25, 0.3) is 0 Å². The van der Waals surface area contributed by atoms with Crippen LogP contribution in [0.2, 0.25) is 0 Å². The molecule has 1 aliphatic rings. The van der Waals surface area contributed by atoms with Gasteiger partial charge in [0.1, 0.15) is 0 Å². The zero-order valence-corrected chi connectivity index (χ0v) is 12.9. The molecule has 0 bridgehead atoms. The Labute approximate surface area is 118 Å². The van der Waals surface area contributed by atoms with Crippen LogP contribution >= 0.6 is 12.6 Å². The zero-order chi connectivity index (χ0) is 7.11. The Bertz CT molecular complexity index is 55.6. The van der Waals surface area contributed by atoms with E-state index in [9.17, 15) is 0 Å². The van der Waals surface area contributed by atoms with Crippen molar-refractivity contribution < 1.29 is 62.9 Å². The minimum atomic E-state index is 0. The van der Waals surface area contributed by atoms with Crippen molar-refractivity contribution in [1.82, 2.24) is 0 Å². The van der Waals surface area contributed by atoms with Gasteiger partial charge in [-0.1, -0.05) is 13.0 Å². The average molecular weight is 233 g/mol. The van der Waals surface area contributed by atoms with Crippen molar-refractivity contribution in [2.75, 3.05) is 12.9 Å². The summed E-state index contributed by atoms with van der Waals surface area (Å²) in [6.07, 6.45) is 6.83. The maximum Gasteiger partial charge on any atom is 1.00 e. The third kappa shape index (κ3) is 8.21. The van der Waals surface area contributed by atoms with E-state index in [0.717, 1.165) is 6.61 Å². The van der Waals surface area contributed by atoms with Gasteiger partial charge in [0.25, 0.3) is 0 Å². The Morgan fingerprint density at radius 2 is 2.10 bits per heavy atom. The molecule has 0 aromatic heterocycles. The summed E-state index contributed by atoms with van der Waals surface area (Å²) in [6, 6.07) is 0. The summed E-state index contributed by atoms with van der Waals surface area (Å²) in [5.41, 5.74) is 0. The molecule has 0 aliphatic carbocycles. The number of hydrogen-bond donors (Lipinski definition) is 1. The number of hydrogen-bond acceptors (Lipinski definition) is 2. The molecule has 0 aromatic rings. The molecule has 3 heteroatoms. The predicted octanol–water partition coefficient (Wildman–Crippen LogP) is -1.06. The fourth-order valence-electron chi connectivity index (χ4n) is 0.752. The molecule has 0 saturated carbocycles. The Balaban J connectivity index is 0. The topological polar surface area (TPSA) is 9.23 Å². The normalized spacial score (nSPS) is 23.7. The quantitative estimate of drug-likeness (QED) is 0.414. The van der Waals surface area contributed by atoms with Crippen molar-refractivity contribution in [3.05, 3.63) is 6.42 Å². The number of rotatable bonds is 0. The Hall–Kier alpha value is 2.12. The van der Waals surface area contributed by atoms with Crippen molar-refractivity contribution in [3.63, 3.8) is 0 Å². The molecule has 10 heavy (non-hydrogen) atoms. The fraction of sp³-hybridized carbons (Fsp3) is 0.857. The van der Waals surface area contributed by atoms with Gasteiger partial charge in [0, 0.05) is 6.10 Å². The largest absolute Gasteiger partial charge is 1.00 e. The molecule has 1 rings (SSSR count). The van der Waals surface area contributed by atoms with Crippen LogP contribution in [-0.4, -0.2) is 19.0 Å². The molecule has 1 aliphatic heterocycles. The molecule has 0 amide bonds. The van der Waals surface area contributed by atoms with E-state index in [1.165, 1.54) is 12.8 Å². The molecule has 0 radical (unpaired) electrons. The SMILES string of the molecule is CC1CC[CH-]CO1.CS.[Rb+]. The first kappa shape index (κ1) is 14.6. The molecule has 0 aromatic carbocycles. The van der Waals surface area contributed by atoms with Gasteiger partial charge in [-0.25, -0.2) is 0 Å². The summed E-state index contributed by atoms with van der Waals surface area (Å²) in [4.78, 5) is 0. The predicted molar refractivity (Wildman–Crippen MR) is 43.9 cm³/mol. The van der Waals surface area contributed by atoms with E-state index in [1.807, 2.05) is 0 Å². The van der Waals surface area contributed by atoms with E-state index < -0.39 is 0 Å². The van der Waals surface area contributed by atoms with Gasteiger partial charge >= 0.3 is 58.2 Å². The average Bonchev–Trinajstić information content (AvgIpc) is 1.94. The zero-order valence-electron chi connectivity index (χ0n) is 7.13. The van der Waals surface area contributed by atoms with Crippen molar-refractivity contribution in [2.24, 2.45) is 0 Å². The first-order chi connectivity index (χ1) is 4.39. The van der Waals surface area contributed by atoms with Crippen LogP contribution in [0.1, 0.15) is 19.8 Å². The van der Waals surface area contributed by atoms with E-state index in [0.29, 0.717) is 6.10 Å². The van der Waals surface area contributed by atoms with Gasteiger partial charge in [-0.15, -0.1) is 0 Å². The van der Waals surface area contributed by atoms with Gasteiger partial charge in [0.2, 0.25) is 0 Å². The summed E-state index contributed by atoms with van der Waals surface area (Å²) < 4.78 is 5.22. The van der Waals surface area contributed by atoms with Crippen molar-refractivity contribution in [3.8, 4) is 0 Å². The van der Waals surface area contributed by atoms with E-state index in [-0.39, 0.29) is 58.2 Å². The van der Waals surface area contributed by atoms with Crippen LogP contribution < -0.4 is 58.2 Å². The van der Waals surface area contributed by atoms with Crippen LogP contribution in [-0.2, 0) is 4.74 Å². The molecular formula is C7H15ORbS. The molecule has 0 spiro atoms. The summed E-state index contributed by atoms with van der Waals surface area (Å²) in [7, 11) is 0. The monoisotopic (exact) mass is 232 g/mol. The molecule has 1 fully saturated rings. The molecule has 1 nitrogen and oxygen atoms in total. The third-order valence-corrected chi connectivity index (χ3v) is 1.28. The first-order valence-electron chi connectivity index (χ1n) is 3.27. The second-order valence-electron chi connectivity index (χ2n) is 2.01. The van der Waals surface area contributed by atoms with E-state index >= 15 is 0 Å². The minimum absolute atomic E-state index is 0. The standard InChI is InChI=1S/C6H11O.CH4S.Rb/c1-6-4-2-3-5-7-6;1-2;/h3,6H,2,4-5H2,1H3;2H,1H3;/q-1;;+1. The van der Waals surface area contributed by atoms with Crippen molar-refractivity contribution in [1.29, 1.82) is 0 Å². The van der Waals surface area contributed by atoms with Crippen molar-refractivity contribution in [2.45, 2.75) is 25.9 Å². The summed E-state index contributed by atoms with van der Waals surface area (Å²) in [6.45, 7) is 2.98. The minimum Gasteiger partial charge on any atom is -0.410 e. The smallest absolute Gasteiger partial charge is 0.410 e. The van der Waals surface area contributed by atoms with Crippen LogP contribution in [0.4, 0.5) is 0 Å². The Morgan fingerprint density at radius 1 is 1.50 bits per heavy atom. The number of ether oxygens (including phenoxy) is 1. The molecule has 56 valence electrons. The van der Waals surface area contributed by atoms with E-state index in [4.69, 9.17) is 4.74 Å². The second kappa shape index (κ2) is 11.1. The molecular weight excluding hydrogens is 218 g/mol. The van der Waals surface area contributed by atoms with Crippen LogP contribution in [0, 0.1) is 6.42 Å². The summed E-state index contributed by atoms with van der Waals surface area (Å²) in [5.74, 6) is 0. The van der Waals surface area contributed by atoms with Gasteiger partial charge in [0.05, 0.1) is 0 Å².